The summed E-state index contributed by atoms with van der Waals surface area (Å²) in [4.78, 5) is 27.4. The average molecular weight is 224 g/mol. The second-order valence-corrected chi connectivity index (χ2v) is 4.01. The van der Waals surface area contributed by atoms with Gasteiger partial charge in [0.1, 0.15) is 5.69 Å². The van der Waals surface area contributed by atoms with Gasteiger partial charge in [-0.15, -0.1) is 0 Å². The number of imidazole rings is 1. The van der Waals surface area contributed by atoms with Crippen LogP contribution in [-0.4, -0.2) is 35.0 Å². The van der Waals surface area contributed by atoms with Crippen LogP contribution in [0.15, 0.2) is 11.0 Å². The number of hydrogen-bond donors (Lipinski definition) is 4. The maximum Gasteiger partial charge on any atom is 0.323 e. The van der Waals surface area contributed by atoms with Crippen LogP contribution in [0.25, 0.3) is 0 Å². The Balaban J connectivity index is 1.93. The van der Waals surface area contributed by atoms with Crippen LogP contribution >= 0.6 is 0 Å². The fraction of sp³-hybridized carbons (Fsp3) is 0.600. The highest BCUT2D eigenvalue weighted by molar-refractivity contribution is 5.92. The van der Waals surface area contributed by atoms with Crippen LogP contribution < -0.4 is 16.3 Å². The van der Waals surface area contributed by atoms with Gasteiger partial charge in [0.15, 0.2) is 0 Å². The Hall–Kier alpha value is -1.56. The molecule has 0 spiro atoms. The molecule has 1 amide bonds. The van der Waals surface area contributed by atoms with Gasteiger partial charge in [-0.1, -0.05) is 0 Å². The quantitative estimate of drug-likeness (QED) is 0.549. The first-order valence-electron chi connectivity index (χ1n) is 5.55. The van der Waals surface area contributed by atoms with E-state index in [1.807, 2.05) is 0 Å². The van der Waals surface area contributed by atoms with Crippen molar-refractivity contribution in [1.82, 2.24) is 20.6 Å². The molecule has 4 N–H and O–H groups in total. The third kappa shape index (κ3) is 2.73. The largest absolute Gasteiger partial charge is 0.348 e. The zero-order valence-electron chi connectivity index (χ0n) is 9.01. The van der Waals surface area contributed by atoms with Crippen LogP contribution in [0.5, 0.6) is 0 Å². The van der Waals surface area contributed by atoms with Crippen LogP contribution in [0.4, 0.5) is 0 Å². The molecule has 1 aliphatic rings. The van der Waals surface area contributed by atoms with Gasteiger partial charge in [-0.05, 0) is 32.4 Å². The van der Waals surface area contributed by atoms with E-state index in [0.717, 1.165) is 32.4 Å². The summed E-state index contributed by atoms with van der Waals surface area (Å²) < 4.78 is 0. The molecular weight excluding hydrogens is 208 g/mol. The number of rotatable bonds is 2. The Morgan fingerprint density at radius 2 is 2.25 bits per heavy atom. The van der Waals surface area contributed by atoms with Gasteiger partial charge in [0, 0.05) is 12.2 Å². The fourth-order valence-electron chi connectivity index (χ4n) is 1.88. The van der Waals surface area contributed by atoms with Crippen LogP contribution in [0, 0.1) is 0 Å². The van der Waals surface area contributed by atoms with Gasteiger partial charge < -0.3 is 20.6 Å². The van der Waals surface area contributed by atoms with E-state index in [-0.39, 0.29) is 17.6 Å². The van der Waals surface area contributed by atoms with Gasteiger partial charge in [-0.25, -0.2) is 4.79 Å². The van der Waals surface area contributed by atoms with Gasteiger partial charge in [-0.2, -0.15) is 0 Å². The Morgan fingerprint density at radius 3 is 3.00 bits per heavy atom. The molecule has 2 rings (SSSR count). The lowest BCUT2D eigenvalue weighted by Gasteiger charge is -2.14. The number of hydrogen-bond acceptors (Lipinski definition) is 3. The van der Waals surface area contributed by atoms with Crippen molar-refractivity contribution in [2.24, 2.45) is 0 Å². The molecule has 6 nitrogen and oxygen atoms in total. The highest BCUT2D eigenvalue weighted by Gasteiger charge is 2.16. The predicted molar refractivity (Wildman–Crippen MR) is 59.4 cm³/mol. The topological polar surface area (TPSA) is 89.8 Å². The molecule has 0 radical (unpaired) electrons. The van der Waals surface area contributed by atoms with Crippen LogP contribution in [0.1, 0.15) is 29.8 Å². The lowest BCUT2D eigenvalue weighted by atomic mass is 10.1. The smallest absolute Gasteiger partial charge is 0.323 e. The number of carbonyl (C=O) groups excluding carboxylic acids is 1. The molecule has 1 aromatic rings. The summed E-state index contributed by atoms with van der Waals surface area (Å²) in [6, 6.07) is 0.195. The molecule has 1 unspecified atom stereocenters. The van der Waals surface area contributed by atoms with E-state index in [4.69, 9.17) is 0 Å². The molecule has 0 aromatic carbocycles. The van der Waals surface area contributed by atoms with Crippen LogP contribution in [-0.2, 0) is 0 Å². The maximum atomic E-state index is 11.7. The monoisotopic (exact) mass is 224 g/mol. The zero-order valence-corrected chi connectivity index (χ0v) is 9.01. The summed E-state index contributed by atoms with van der Waals surface area (Å²) in [6.07, 6.45) is 4.37. The Morgan fingerprint density at radius 1 is 1.38 bits per heavy atom. The highest BCUT2D eigenvalue weighted by atomic mass is 16.2. The molecule has 16 heavy (non-hydrogen) atoms. The molecule has 6 heteroatoms. The van der Waals surface area contributed by atoms with Crippen molar-refractivity contribution in [3.8, 4) is 0 Å². The average Bonchev–Trinajstić information content (AvgIpc) is 2.54. The predicted octanol–water partition coefficient (Wildman–Crippen LogP) is -0.425. The first-order valence-corrected chi connectivity index (χ1v) is 5.55. The third-order valence-corrected chi connectivity index (χ3v) is 2.75. The van der Waals surface area contributed by atoms with E-state index in [1.165, 1.54) is 6.20 Å². The lowest BCUT2D eigenvalue weighted by molar-refractivity contribution is 0.0929. The molecule has 0 bridgehead atoms. The Kier molecular flexibility index (Phi) is 3.40. The number of H-pyrrole nitrogens is 2. The molecule has 1 aliphatic heterocycles. The van der Waals surface area contributed by atoms with Crippen molar-refractivity contribution in [3.05, 3.63) is 22.4 Å². The SMILES string of the molecule is O=C(NC1CCCNCC1)c1c[nH]c(=O)[nH]1. The van der Waals surface area contributed by atoms with Crippen molar-refractivity contribution in [1.29, 1.82) is 0 Å². The number of aromatic nitrogens is 2. The van der Waals surface area contributed by atoms with Crippen LogP contribution in [0.3, 0.4) is 0 Å². The molecule has 1 atom stereocenters. The van der Waals surface area contributed by atoms with Crippen molar-refractivity contribution in [2.75, 3.05) is 13.1 Å². The summed E-state index contributed by atoms with van der Waals surface area (Å²) in [5, 5.41) is 6.20. The molecule has 1 fully saturated rings. The minimum absolute atomic E-state index is 0.195. The third-order valence-electron chi connectivity index (χ3n) is 2.75. The summed E-state index contributed by atoms with van der Waals surface area (Å²) in [6.45, 7) is 1.93. The summed E-state index contributed by atoms with van der Waals surface area (Å²) in [5.74, 6) is -0.217. The Labute approximate surface area is 92.8 Å². The van der Waals surface area contributed by atoms with E-state index < -0.39 is 0 Å². The second-order valence-electron chi connectivity index (χ2n) is 4.01. The van der Waals surface area contributed by atoms with Crippen LogP contribution in [0.2, 0.25) is 0 Å². The van der Waals surface area contributed by atoms with Gasteiger partial charge in [0.2, 0.25) is 0 Å². The van der Waals surface area contributed by atoms with Gasteiger partial charge in [0.05, 0.1) is 0 Å². The number of nitrogens with one attached hydrogen (secondary N) is 4. The molecular formula is C10H16N4O2. The molecule has 0 aliphatic carbocycles. The molecule has 88 valence electrons. The van der Waals surface area contributed by atoms with E-state index in [2.05, 4.69) is 20.6 Å². The van der Waals surface area contributed by atoms with Crippen molar-refractivity contribution < 1.29 is 4.79 Å². The lowest BCUT2D eigenvalue weighted by Crippen LogP contribution is -2.35. The van der Waals surface area contributed by atoms with Crippen molar-refractivity contribution in [2.45, 2.75) is 25.3 Å². The fourth-order valence-corrected chi connectivity index (χ4v) is 1.88. The minimum Gasteiger partial charge on any atom is -0.348 e. The molecule has 1 saturated heterocycles. The first kappa shape index (κ1) is 10.9. The summed E-state index contributed by atoms with van der Waals surface area (Å²) in [7, 11) is 0. The standard InChI is InChI=1S/C10H16N4O2/c15-9(8-6-12-10(16)14-8)13-7-2-1-4-11-5-3-7/h6-7,11H,1-5H2,(H,13,15)(H2,12,14,16). The van der Waals surface area contributed by atoms with Gasteiger partial charge in [0.25, 0.3) is 5.91 Å². The number of aromatic amines is 2. The summed E-state index contributed by atoms with van der Waals surface area (Å²) >= 11 is 0. The van der Waals surface area contributed by atoms with Gasteiger partial charge >= 0.3 is 5.69 Å². The Bertz CT molecular complexity index is 401. The van der Waals surface area contributed by atoms with Gasteiger partial charge in [-0.3, -0.25) is 4.79 Å². The zero-order chi connectivity index (χ0) is 11.4. The maximum absolute atomic E-state index is 11.7. The van der Waals surface area contributed by atoms with E-state index >= 15 is 0 Å². The van der Waals surface area contributed by atoms with Crippen molar-refractivity contribution in [3.63, 3.8) is 0 Å². The normalized spacial score (nSPS) is 21.4. The van der Waals surface area contributed by atoms with Crippen molar-refractivity contribution >= 4 is 5.91 Å². The van der Waals surface area contributed by atoms with E-state index in [1.54, 1.807) is 0 Å². The minimum atomic E-state index is -0.354. The van der Waals surface area contributed by atoms with E-state index in [9.17, 15) is 9.59 Å². The second kappa shape index (κ2) is 4.98. The molecule has 0 saturated carbocycles. The summed E-state index contributed by atoms with van der Waals surface area (Å²) in [5.41, 5.74) is -0.0603. The number of amides is 1. The molecule has 1 aromatic heterocycles. The van der Waals surface area contributed by atoms with E-state index in [0.29, 0.717) is 5.69 Å². The molecule has 2 heterocycles. The highest BCUT2D eigenvalue weighted by Crippen LogP contribution is 2.05. The number of carbonyl (C=O) groups is 1. The first-order chi connectivity index (χ1) is 7.75.